The Kier molecular flexibility index (Phi) is 40.7. The van der Waals surface area contributed by atoms with E-state index in [-0.39, 0.29) is 32.3 Å². The molecule has 51 nitrogen and oxygen atoms in total. The third kappa shape index (κ3) is 27.3. The van der Waals surface area contributed by atoms with Gasteiger partial charge in [0.2, 0.25) is 0 Å². The van der Waals surface area contributed by atoms with Gasteiger partial charge in [-0.1, -0.05) is 198 Å². The van der Waals surface area contributed by atoms with Gasteiger partial charge in [0.1, 0.15) is 61.0 Å². The molecule has 16 unspecified atom stereocenters. The van der Waals surface area contributed by atoms with Crippen molar-refractivity contribution >= 4 is 20.8 Å². The zero-order chi connectivity index (χ0) is 97.7. The Hall–Kier alpha value is -6.81. The third-order valence-electron chi connectivity index (χ3n) is 25.6. The Bertz CT molecular complexity index is 4670. The number of hydrogen-bond donors (Lipinski definition) is 8. The molecule has 0 aliphatic carbocycles. The van der Waals surface area contributed by atoms with Crippen LogP contribution in [0.5, 0.6) is 0 Å². The first-order valence-corrected chi connectivity index (χ1v) is 46.6. The topological polar surface area (TPSA) is 653 Å². The number of methoxy groups -OCH3 is 1. The van der Waals surface area contributed by atoms with Crippen LogP contribution in [0.25, 0.3) is 31.3 Å². The molecule has 8 aliphatic heterocycles. The number of aliphatic hydroxyl groups is 2. The first-order chi connectivity index (χ1) is 65.4. The van der Waals surface area contributed by atoms with E-state index in [1.807, 2.05) is 37.3 Å². The molecule has 8 heterocycles. The molecule has 4 aromatic rings. The zero-order valence-electron chi connectivity index (χ0n) is 75.6. The summed E-state index contributed by atoms with van der Waals surface area (Å²) in [6, 6.07) is 30.8. The molecule has 8 fully saturated rings. The number of hydrogen-bond acceptors (Lipinski definition) is 43. The maximum absolute atomic E-state index is 12.7. The van der Waals surface area contributed by atoms with Gasteiger partial charge in [-0.3, -0.25) is 9.11 Å². The van der Waals surface area contributed by atoms with Crippen molar-refractivity contribution in [1.29, 1.82) is 0 Å². The average molecular weight is 1980 g/mol. The highest BCUT2D eigenvalue weighted by Crippen LogP contribution is 2.46. The Balaban J connectivity index is 0.798. The van der Waals surface area contributed by atoms with E-state index in [9.17, 15) is 73.8 Å². The Labute approximate surface area is 781 Å². The van der Waals surface area contributed by atoms with Crippen molar-refractivity contribution in [3.63, 3.8) is 0 Å². The molecule has 40 atom stereocenters. The van der Waals surface area contributed by atoms with Gasteiger partial charge in [-0.2, -0.15) is 36.4 Å². The molecule has 8 N–H and O–H groups in total. The first-order valence-electron chi connectivity index (χ1n) is 43.8. The smallest absolute Gasteiger partial charge is 0.394 e. The van der Waals surface area contributed by atoms with Gasteiger partial charge in [0, 0.05) is 33.7 Å². The highest BCUT2D eigenvalue weighted by molar-refractivity contribution is 7.81. The van der Waals surface area contributed by atoms with E-state index in [1.54, 1.807) is 133 Å². The molecule has 0 bridgehead atoms. The van der Waals surface area contributed by atoms with Crippen LogP contribution in [-0.2, 0) is 190 Å². The van der Waals surface area contributed by atoms with Crippen LogP contribution in [0.3, 0.4) is 0 Å². The lowest BCUT2D eigenvalue weighted by Crippen LogP contribution is -2.66. The van der Waals surface area contributed by atoms with Crippen LogP contribution >= 0.6 is 0 Å². The molecule has 4 aromatic carbocycles. The van der Waals surface area contributed by atoms with Gasteiger partial charge < -0.3 is 105 Å². The van der Waals surface area contributed by atoms with Crippen molar-refractivity contribution in [3.8, 4) is 0 Å². The summed E-state index contributed by atoms with van der Waals surface area (Å²) in [7, 11) is -9.03. The van der Waals surface area contributed by atoms with Crippen LogP contribution < -0.4 is 0 Å². The van der Waals surface area contributed by atoms with E-state index < -0.39 is 286 Å². The van der Waals surface area contributed by atoms with E-state index >= 15 is 0 Å². The number of rotatable bonds is 46. The molecule has 12 rings (SSSR count). The summed E-state index contributed by atoms with van der Waals surface area (Å²) in [6.45, 7) is 12.2. The molecule has 0 aromatic heterocycles. The molecule has 136 heavy (non-hydrogen) atoms. The minimum Gasteiger partial charge on any atom is -0.394 e. The van der Waals surface area contributed by atoms with Gasteiger partial charge in [-0.05, 0) is 90.2 Å². The second-order valence-electron chi connectivity index (χ2n) is 34.1. The fraction of sp³-hybridized carbons (Fsp3) is 0.711. The molecule has 8 saturated heterocycles. The summed E-state index contributed by atoms with van der Waals surface area (Å²) >= 11 is 0. The summed E-state index contributed by atoms with van der Waals surface area (Å²) in [5, 5.41) is 93.1. The van der Waals surface area contributed by atoms with E-state index in [0.717, 1.165) is 5.56 Å². The zero-order valence-corrected chi connectivity index (χ0v) is 77.2. The van der Waals surface area contributed by atoms with E-state index in [4.69, 9.17) is 123 Å². The van der Waals surface area contributed by atoms with Gasteiger partial charge in [0.05, 0.1) is 126 Å². The van der Waals surface area contributed by atoms with Crippen molar-refractivity contribution in [2.45, 2.75) is 305 Å². The number of ether oxygens (including phenoxy) is 20. The summed E-state index contributed by atoms with van der Waals surface area (Å²) in [6.07, 6.45) is -44.7. The number of nitrogens with zero attached hydrogens (tertiary/aromatic N) is 9. The Morgan fingerprint density at radius 3 is 0.846 bits per heavy atom. The summed E-state index contributed by atoms with van der Waals surface area (Å²) < 4.78 is 210. The molecule has 0 amide bonds. The highest BCUT2D eigenvalue weighted by Gasteiger charge is 2.61. The number of benzene rings is 4. The van der Waals surface area contributed by atoms with Crippen molar-refractivity contribution in [3.05, 3.63) is 175 Å². The minimum atomic E-state index is -5.38. The maximum atomic E-state index is 12.7. The van der Waals surface area contributed by atoms with E-state index in [2.05, 4.69) is 50.2 Å². The van der Waals surface area contributed by atoms with Crippen LogP contribution in [0.1, 0.15) is 91.5 Å². The normalized spacial score (nSPS) is 39.0. The second kappa shape index (κ2) is 51.2. The lowest BCUT2D eigenvalue weighted by molar-refractivity contribution is -0.537. The van der Waals surface area contributed by atoms with Crippen molar-refractivity contribution in [1.82, 2.24) is 0 Å². The third-order valence-corrected chi connectivity index (χ3v) is 26.4. The second-order valence-corrected chi connectivity index (χ2v) is 36.3. The predicted octanol–water partition coefficient (Wildman–Crippen LogP) is 8.19. The van der Waals surface area contributed by atoms with Crippen LogP contribution in [0, 0.1) is 35.5 Å². The molecule has 758 valence electrons. The van der Waals surface area contributed by atoms with Gasteiger partial charge >= 0.3 is 20.8 Å². The standard InChI is InChI=1S/C83H117N9O42S2/c1-40-41(2)76(105-11)118-56(38-110-135(99,100)101)61(40)120-81-73(128-132-96)69(107-35-51-26-18-13-19-27-51)66(47(8)113-81)124-78-59(88-91-85)44(5)63(55(33-94)117-78)122-82-74(129-133-97)71(109-37-53-30-22-15-23-31-53)68(49(10)114-82)126-79-60(89-92-86)45(6)64(57(119-79)39-111-136(102,103)104)123-83-75(130-134-98)70(108-36-52-28-20-14-21-29-52)67(48(9)115-83)125-77-58(87-90-84)43(4)62(54(32-93)116-77)121-80-72(127-131-95)65(42(3)46(7)112-80)106-34-50-24-16-12-17-25-50/h12-31,40-49,54-83,93-98H,32-39H2,1-11H3,(H,99,100,101)(H,102,103,104)/t40-,41?,42-,43-,44-,45-,46?,47?,48?,49?,54?,55?,56?,57?,58?,59?,60?,61+,62-,63-,64+,65-,66-,67-,68-,69-,70-,71-,72?,73?,74?,75?,76+,77+,78-,79-,80+,81+,82+,83+/m1/s1. The van der Waals surface area contributed by atoms with Crippen LogP contribution in [0.4, 0.5) is 0 Å². The minimum absolute atomic E-state index is 0.111. The monoisotopic (exact) mass is 1980 g/mol. The molecular formula is C83H117N9O42S2. The molecule has 0 spiro atoms. The van der Waals surface area contributed by atoms with Gasteiger partial charge in [0.25, 0.3) is 0 Å². The molecule has 0 saturated carbocycles. The largest absolute Gasteiger partial charge is 0.397 e. The van der Waals surface area contributed by atoms with Gasteiger partial charge in [-0.15, -0.1) is 0 Å². The fourth-order valence-electron chi connectivity index (χ4n) is 18.2. The predicted molar refractivity (Wildman–Crippen MR) is 450 cm³/mol. The average Bonchev–Trinajstić information content (AvgIpc) is 0.780. The highest BCUT2D eigenvalue weighted by atomic mass is 32.3. The maximum Gasteiger partial charge on any atom is 0.397 e. The lowest BCUT2D eigenvalue weighted by atomic mass is 9.84. The van der Waals surface area contributed by atoms with Crippen LogP contribution in [0.2, 0.25) is 0 Å². The first kappa shape index (κ1) is 108. The molecule has 53 heteroatoms. The lowest BCUT2D eigenvalue weighted by Gasteiger charge is -2.52. The van der Waals surface area contributed by atoms with Crippen LogP contribution in [-0.4, -0.2) is 300 Å². The molecule has 8 aliphatic rings. The fourth-order valence-corrected chi connectivity index (χ4v) is 18.8. The quantitative estimate of drug-likeness (QED) is 0.00516. The summed E-state index contributed by atoms with van der Waals surface area (Å²) in [4.78, 5) is 31.5. The molecular weight excluding hydrogens is 1860 g/mol. The Morgan fingerprint density at radius 2 is 0.566 bits per heavy atom. The van der Waals surface area contributed by atoms with Crippen molar-refractivity contribution in [2.75, 3.05) is 33.5 Å². The van der Waals surface area contributed by atoms with Gasteiger partial charge in [-0.25, -0.2) is 29.4 Å². The summed E-state index contributed by atoms with van der Waals surface area (Å²) in [5.41, 5.74) is 33.7. The SMILES string of the molecule is CO[C@H]1OC(COS(=O)(=O)O)[C@@H](O[C@@H]2OC(C)[C@@H](O[C@H]3OC(CO)[C@H](O[C@@H]4OC(C)[C@@H](O[C@H]5OC(COS(=O)(=O)O)[C@@H](O[C@@H]6OC(C)[C@@H](O[C@@H]7OC(CO)[C@H](O[C@@H]8OC(C)[C@@H](C)[C@@H](OCc9ccccc9)C8OOO)[C@H](C)C7N=[N+]=[N-])[C@@H](OCc7ccccc7)C6OOO)[C@H](C)C5N=[N+]=[N-])[C@@H](OCc5ccccc5)C4OOO)[C@H](C)C3N=[N+]=[N-])[C@@H](OCc3ccccc3)C2OOO)[C@H](C)C1C. The van der Waals surface area contributed by atoms with E-state index in [1.165, 1.54) is 27.9 Å². The Morgan fingerprint density at radius 1 is 0.309 bits per heavy atom. The van der Waals surface area contributed by atoms with Crippen LogP contribution in [0.15, 0.2) is 137 Å². The number of azide groups is 3. The number of aliphatic hydroxyl groups excluding tert-OH is 2. The molecule has 0 radical (unpaired) electrons. The van der Waals surface area contributed by atoms with Crippen molar-refractivity contribution in [2.24, 2.45) is 50.9 Å². The van der Waals surface area contributed by atoms with Gasteiger partial charge in [0.15, 0.2) is 74.7 Å². The van der Waals surface area contributed by atoms with E-state index in [0.29, 0.717) is 16.7 Å². The summed E-state index contributed by atoms with van der Waals surface area (Å²) in [5.74, 6) is -4.69. The van der Waals surface area contributed by atoms with Crippen molar-refractivity contribution < 1.29 is 200 Å².